The lowest BCUT2D eigenvalue weighted by molar-refractivity contribution is 0.0696. The number of nitrogens with zero attached hydrogens (tertiary/aromatic N) is 1. The molecule has 0 atom stereocenters. The van der Waals surface area contributed by atoms with Crippen LogP contribution >= 0.6 is 0 Å². The summed E-state index contributed by atoms with van der Waals surface area (Å²) in [6.07, 6.45) is 2.72. The number of carbonyl (C=O) groups is 1. The summed E-state index contributed by atoms with van der Waals surface area (Å²) in [4.78, 5) is 16.7. The Bertz CT molecular complexity index is 760. The minimum Gasteiger partial charge on any atom is -0.478 e. The Balaban J connectivity index is 2.41. The van der Waals surface area contributed by atoms with E-state index in [1.165, 1.54) is 0 Å². The van der Waals surface area contributed by atoms with Gasteiger partial charge in [0.1, 0.15) is 0 Å². The maximum Gasteiger partial charge on any atom is 0.336 e. The van der Waals surface area contributed by atoms with Gasteiger partial charge in [-0.3, -0.25) is 4.98 Å². The molecule has 1 aromatic carbocycles. The van der Waals surface area contributed by atoms with E-state index in [-0.39, 0.29) is 5.41 Å². The molecule has 110 valence electrons. The highest BCUT2D eigenvalue weighted by atomic mass is 16.4. The predicted molar refractivity (Wildman–Crippen MR) is 84.0 cm³/mol. The Morgan fingerprint density at radius 2 is 2.00 bits per heavy atom. The summed E-state index contributed by atoms with van der Waals surface area (Å²) in [5.74, 6) is -0.832. The molecule has 0 fully saturated rings. The van der Waals surface area contributed by atoms with E-state index in [2.05, 4.69) is 19.9 Å². The van der Waals surface area contributed by atoms with E-state index in [0.29, 0.717) is 5.56 Å². The summed E-state index contributed by atoms with van der Waals surface area (Å²) in [7, 11) is 0. The molecule has 0 bridgehead atoms. The average molecular weight is 283 g/mol. The fourth-order valence-electron chi connectivity index (χ4n) is 3.47. The monoisotopic (exact) mass is 283 g/mol. The number of carboxylic acid groups (broad SMARTS) is 1. The van der Waals surface area contributed by atoms with Crippen molar-refractivity contribution in [3.8, 4) is 0 Å². The SMILES string of the molecule is Cc1cc(C)c2nc3c(c(C(=O)O)c2c1)CC(C)(C)CC3. The third-order valence-electron chi connectivity index (χ3n) is 4.52. The van der Waals surface area contributed by atoms with Crippen LogP contribution in [-0.4, -0.2) is 16.1 Å². The van der Waals surface area contributed by atoms with Gasteiger partial charge in [-0.1, -0.05) is 25.5 Å². The van der Waals surface area contributed by atoms with Gasteiger partial charge < -0.3 is 5.11 Å². The van der Waals surface area contributed by atoms with Gasteiger partial charge in [-0.25, -0.2) is 4.79 Å². The molecular weight excluding hydrogens is 262 g/mol. The van der Waals surface area contributed by atoms with Gasteiger partial charge >= 0.3 is 5.97 Å². The van der Waals surface area contributed by atoms with Crippen molar-refractivity contribution in [3.63, 3.8) is 0 Å². The Hall–Kier alpha value is -1.90. The summed E-state index contributed by atoms with van der Waals surface area (Å²) in [5, 5.41) is 10.6. The molecule has 1 heterocycles. The number of fused-ring (bicyclic) bond motifs is 2. The molecule has 0 saturated heterocycles. The van der Waals surface area contributed by atoms with Crippen molar-refractivity contribution in [1.29, 1.82) is 0 Å². The first-order valence-electron chi connectivity index (χ1n) is 7.44. The Morgan fingerprint density at radius 1 is 1.29 bits per heavy atom. The van der Waals surface area contributed by atoms with Crippen molar-refractivity contribution in [2.24, 2.45) is 5.41 Å². The van der Waals surface area contributed by atoms with Crippen molar-refractivity contribution in [1.82, 2.24) is 4.98 Å². The molecule has 0 spiro atoms. The molecule has 0 unspecified atom stereocenters. The van der Waals surface area contributed by atoms with E-state index < -0.39 is 5.97 Å². The zero-order valence-electron chi connectivity index (χ0n) is 13.1. The largest absolute Gasteiger partial charge is 0.478 e. The standard InChI is InChI=1S/C18H21NO2/c1-10-7-11(2)16-12(8-10)15(17(20)21)13-9-18(3,4)6-5-14(13)19-16/h7-8H,5-6,9H2,1-4H3,(H,20,21). The first-order valence-corrected chi connectivity index (χ1v) is 7.44. The molecule has 0 aliphatic heterocycles. The summed E-state index contributed by atoms with van der Waals surface area (Å²) >= 11 is 0. The molecule has 2 aromatic rings. The number of hydrogen-bond acceptors (Lipinski definition) is 2. The zero-order chi connectivity index (χ0) is 15.4. The first kappa shape index (κ1) is 14.1. The molecule has 0 radical (unpaired) electrons. The van der Waals surface area contributed by atoms with E-state index in [0.717, 1.165) is 52.5 Å². The van der Waals surface area contributed by atoms with Crippen LogP contribution in [0.2, 0.25) is 0 Å². The molecule has 21 heavy (non-hydrogen) atoms. The number of aromatic nitrogens is 1. The minimum atomic E-state index is -0.832. The van der Waals surface area contributed by atoms with E-state index in [9.17, 15) is 9.90 Å². The second-order valence-electron chi connectivity index (χ2n) is 7.04. The Morgan fingerprint density at radius 3 is 2.67 bits per heavy atom. The summed E-state index contributed by atoms with van der Waals surface area (Å²) < 4.78 is 0. The number of rotatable bonds is 1. The lowest BCUT2D eigenvalue weighted by Gasteiger charge is -2.32. The van der Waals surface area contributed by atoms with Gasteiger partial charge in [-0.2, -0.15) is 0 Å². The second kappa shape index (κ2) is 4.55. The van der Waals surface area contributed by atoms with Crippen LogP contribution in [0.3, 0.4) is 0 Å². The third-order valence-corrected chi connectivity index (χ3v) is 4.52. The number of carboxylic acids is 1. The number of aromatic carboxylic acids is 1. The second-order valence-corrected chi connectivity index (χ2v) is 7.04. The van der Waals surface area contributed by atoms with Crippen LogP contribution < -0.4 is 0 Å². The number of aryl methyl sites for hydroxylation is 3. The van der Waals surface area contributed by atoms with Crippen molar-refractivity contribution in [2.45, 2.75) is 47.0 Å². The maximum atomic E-state index is 11.9. The highest BCUT2D eigenvalue weighted by Gasteiger charge is 2.31. The number of hydrogen-bond donors (Lipinski definition) is 1. The Kier molecular flexibility index (Phi) is 3.05. The van der Waals surface area contributed by atoms with Gasteiger partial charge in [0.2, 0.25) is 0 Å². The number of benzene rings is 1. The van der Waals surface area contributed by atoms with Crippen molar-refractivity contribution < 1.29 is 9.90 Å². The molecular formula is C18H21NO2. The average Bonchev–Trinajstić information content (AvgIpc) is 2.35. The molecule has 1 aliphatic rings. The smallest absolute Gasteiger partial charge is 0.336 e. The van der Waals surface area contributed by atoms with Crippen LogP contribution in [0.25, 0.3) is 10.9 Å². The van der Waals surface area contributed by atoms with Gasteiger partial charge in [0.05, 0.1) is 11.1 Å². The summed E-state index contributed by atoms with van der Waals surface area (Å²) in [6, 6.07) is 4.03. The molecule has 1 aliphatic carbocycles. The van der Waals surface area contributed by atoms with Gasteiger partial charge in [0.25, 0.3) is 0 Å². The lowest BCUT2D eigenvalue weighted by Crippen LogP contribution is -2.25. The molecule has 3 heteroatoms. The molecule has 1 N–H and O–H groups in total. The van der Waals surface area contributed by atoms with Gasteiger partial charge in [0, 0.05) is 11.1 Å². The molecule has 3 nitrogen and oxygen atoms in total. The van der Waals surface area contributed by atoms with E-state index in [1.807, 2.05) is 19.9 Å². The highest BCUT2D eigenvalue weighted by molar-refractivity contribution is 6.05. The summed E-state index contributed by atoms with van der Waals surface area (Å²) in [5.41, 5.74) is 5.51. The predicted octanol–water partition coefficient (Wildman–Crippen LogP) is 4.06. The van der Waals surface area contributed by atoms with Crippen LogP contribution in [0.4, 0.5) is 0 Å². The lowest BCUT2D eigenvalue weighted by atomic mass is 9.74. The number of pyridine rings is 1. The van der Waals surface area contributed by atoms with Crippen LogP contribution in [0.15, 0.2) is 12.1 Å². The summed E-state index contributed by atoms with van der Waals surface area (Å²) in [6.45, 7) is 8.41. The third kappa shape index (κ3) is 2.31. The maximum absolute atomic E-state index is 11.9. The van der Waals surface area contributed by atoms with Gasteiger partial charge in [-0.05, 0) is 55.7 Å². The molecule has 0 amide bonds. The van der Waals surface area contributed by atoms with Crippen LogP contribution in [0.5, 0.6) is 0 Å². The quantitative estimate of drug-likeness (QED) is 0.858. The van der Waals surface area contributed by atoms with Crippen LogP contribution in [0, 0.1) is 19.3 Å². The minimum absolute atomic E-state index is 0.144. The van der Waals surface area contributed by atoms with Crippen molar-refractivity contribution in [2.75, 3.05) is 0 Å². The van der Waals surface area contributed by atoms with E-state index >= 15 is 0 Å². The molecule has 0 saturated carbocycles. The van der Waals surface area contributed by atoms with Crippen LogP contribution in [-0.2, 0) is 12.8 Å². The van der Waals surface area contributed by atoms with Gasteiger partial charge in [0.15, 0.2) is 0 Å². The first-order chi connectivity index (χ1) is 9.78. The fourth-order valence-corrected chi connectivity index (χ4v) is 3.47. The zero-order valence-corrected chi connectivity index (χ0v) is 13.1. The van der Waals surface area contributed by atoms with Crippen molar-refractivity contribution >= 4 is 16.9 Å². The van der Waals surface area contributed by atoms with E-state index in [4.69, 9.17) is 4.98 Å². The highest BCUT2D eigenvalue weighted by Crippen LogP contribution is 2.38. The normalized spacial score (nSPS) is 16.8. The molecule has 1 aromatic heterocycles. The topological polar surface area (TPSA) is 50.2 Å². The fraction of sp³-hybridized carbons (Fsp3) is 0.444. The van der Waals surface area contributed by atoms with E-state index in [1.54, 1.807) is 0 Å². The van der Waals surface area contributed by atoms with Crippen molar-refractivity contribution in [3.05, 3.63) is 40.1 Å². The van der Waals surface area contributed by atoms with Crippen LogP contribution in [0.1, 0.15) is 53.0 Å². The van der Waals surface area contributed by atoms with Gasteiger partial charge in [-0.15, -0.1) is 0 Å². The Labute approximate surface area is 125 Å². The molecule has 3 rings (SSSR count).